The van der Waals surface area contributed by atoms with Crippen molar-refractivity contribution in [3.8, 4) is 11.5 Å². The largest absolute Gasteiger partial charge is 0.490 e. The topological polar surface area (TPSA) is 88.1 Å². The summed E-state index contributed by atoms with van der Waals surface area (Å²) in [7, 11) is 1.30. The molecule has 30 heavy (non-hydrogen) atoms. The second kappa shape index (κ2) is 9.56. The molecule has 0 aliphatic carbocycles. The Kier molecular flexibility index (Phi) is 6.64. The molecular weight excluding hydrogens is 388 g/mol. The van der Waals surface area contributed by atoms with E-state index in [1.165, 1.54) is 38.3 Å². The minimum atomic E-state index is -0.510. The van der Waals surface area contributed by atoms with E-state index in [0.717, 1.165) is 10.8 Å². The van der Waals surface area contributed by atoms with E-state index in [2.05, 4.69) is 4.74 Å². The van der Waals surface area contributed by atoms with Gasteiger partial charge in [-0.15, -0.1) is 0 Å². The van der Waals surface area contributed by atoms with Crippen LogP contribution < -0.4 is 9.47 Å². The SMILES string of the molecule is COC(=O)c1ccc(OC(=O)c2ccc3cc(OCCOC(C)=O)ccc3c2)cc1. The van der Waals surface area contributed by atoms with Crippen molar-refractivity contribution in [2.75, 3.05) is 20.3 Å². The number of benzene rings is 3. The van der Waals surface area contributed by atoms with Crippen molar-refractivity contribution in [3.63, 3.8) is 0 Å². The average Bonchev–Trinajstić information content (AvgIpc) is 2.76. The number of carbonyl (C=O) groups is 3. The van der Waals surface area contributed by atoms with E-state index in [4.69, 9.17) is 14.2 Å². The second-order valence-electron chi connectivity index (χ2n) is 6.32. The van der Waals surface area contributed by atoms with Crippen LogP contribution in [0.15, 0.2) is 60.7 Å². The van der Waals surface area contributed by atoms with Gasteiger partial charge >= 0.3 is 17.9 Å². The van der Waals surface area contributed by atoms with Gasteiger partial charge < -0.3 is 18.9 Å². The van der Waals surface area contributed by atoms with Gasteiger partial charge in [-0.25, -0.2) is 9.59 Å². The Morgan fingerprint density at radius 2 is 1.37 bits per heavy atom. The molecule has 3 rings (SSSR count). The molecule has 0 aromatic heterocycles. The summed E-state index contributed by atoms with van der Waals surface area (Å²) >= 11 is 0. The zero-order valence-corrected chi connectivity index (χ0v) is 16.5. The Hall–Kier alpha value is -3.87. The molecule has 154 valence electrons. The van der Waals surface area contributed by atoms with E-state index >= 15 is 0 Å². The van der Waals surface area contributed by atoms with E-state index in [0.29, 0.717) is 22.6 Å². The molecule has 0 amide bonds. The lowest BCUT2D eigenvalue weighted by Crippen LogP contribution is -2.09. The molecule has 0 fully saturated rings. The second-order valence-corrected chi connectivity index (χ2v) is 6.32. The highest BCUT2D eigenvalue weighted by atomic mass is 16.6. The molecule has 0 unspecified atom stereocenters. The van der Waals surface area contributed by atoms with Crippen molar-refractivity contribution in [3.05, 3.63) is 71.8 Å². The van der Waals surface area contributed by atoms with Gasteiger partial charge in [0.05, 0.1) is 18.2 Å². The van der Waals surface area contributed by atoms with E-state index in [-0.39, 0.29) is 19.2 Å². The number of methoxy groups -OCH3 is 1. The van der Waals surface area contributed by atoms with Crippen LogP contribution >= 0.6 is 0 Å². The Labute approximate surface area is 173 Å². The van der Waals surface area contributed by atoms with Crippen molar-refractivity contribution >= 4 is 28.7 Å². The van der Waals surface area contributed by atoms with E-state index in [1.54, 1.807) is 24.3 Å². The fourth-order valence-electron chi connectivity index (χ4n) is 2.73. The van der Waals surface area contributed by atoms with Crippen LogP contribution in [0.2, 0.25) is 0 Å². The summed E-state index contributed by atoms with van der Waals surface area (Å²) < 4.78 is 20.4. The van der Waals surface area contributed by atoms with Crippen molar-refractivity contribution < 1.29 is 33.3 Å². The molecule has 0 aliphatic heterocycles. The first-order valence-corrected chi connectivity index (χ1v) is 9.17. The van der Waals surface area contributed by atoms with Gasteiger partial charge in [0.1, 0.15) is 24.7 Å². The molecule has 0 atom stereocenters. The number of ether oxygens (including phenoxy) is 4. The molecule has 3 aromatic carbocycles. The standard InChI is InChI=1S/C23H20O7/c1-15(24)28-11-12-29-21-10-7-17-13-19(4-3-18(17)14-21)23(26)30-20-8-5-16(6-9-20)22(25)27-2/h3-10,13-14H,11-12H2,1-2H3. The van der Waals surface area contributed by atoms with Crippen LogP contribution in [0.5, 0.6) is 11.5 Å². The van der Waals surface area contributed by atoms with Crippen LogP contribution in [0, 0.1) is 0 Å². The maximum Gasteiger partial charge on any atom is 0.343 e. The minimum absolute atomic E-state index is 0.179. The monoisotopic (exact) mass is 408 g/mol. The highest BCUT2D eigenvalue weighted by Crippen LogP contribution is 2.23. The molecule has 0 N–H and O–H groups in total. The predicted molar refractivity (Wildman–Crippen MR) is 109 cm³/mol. The van der Waals surface area contributed by atoms with Crippen molar-refractivity contribution in [1.82, 2.24) is 0 Å². The molecular formula is C23H20O7. The van der Waals surface area contributed by atoms with Gasteiger partial charge in [0, 0.05) is 6.92 Å². The fraction of sp³-hybridized carbons (Fsp3) is 0.174. The van der Waals surface area contributed by atoms with Crippen LogP contribution in [-0.2, 0) is 14.3 Å². The first-order chi connectivity index (χ1) is 14.5. The van der Waals surface area contributed by atoms with Gasteiger partial charge in [-0.05, 0) is 59.3 Å². The molecule has 3 aromatic rings. The summed E-state index contributed by atoms with van der Waals surface area (Å²) in [5.41, 5.74) is 0.761. The van der Waals surface area contributed by atoms with Gasteiger partial charge in [0.15, 0.2) is 0 Å². The molecule has 7 heteroatoms. The van der Waals surface area contributed by atoms with Gasteiger partial charge in [-0.2, -0.15) is 0 Å². The lowest BCUT2D eigenvalue weighted by Gasteiger charge is -2.09. The molecule has 0 heterocycles. The number of hydrogen-bond acceptors (Lipinski definition) is 7. The van der Waals surface area contributed by atoms with Gasteiger partial charge in [0.2, 0.25) is 0 Å². The highest BCUT2D eigenvalue weighted by molar-refractivity contribution is 5.97. The number of carbonyl (C=O) groups excluding carboxylic acids is 3. The quantitative estimate of drug-likeness (QED) is 0.334. The van der Waals surface area contributed by atoms with Crippen molar-refractivity contribution in [1.29, 1.82) is 0 Å². The third-order valence-corrected chi connectivity index (χ3v) is 4.19. The van der Waals surface area contributed by atoms with Gasteiger partial charge in [0.25, 0.3) is 0 Å². The molecule has 0 aliphatic rings. The first-order valence-electron chi connectivity index (χ1n) is 9.17. The average molecular weight is 408 g/mol. The maximum absolute atomic E-state index is 12.4. The van der Waals surface area contributed by atoms with Gasteiger partial charge in [-0.3, -0.25) is 4.79 Å². The molecule has 0 bridgehead atoms. The Bertz CT molecular complexity index is 1070. The summed E-state index contributed by atoms with van der Waals surface area (Å²) in [5.74, 6) is -0.363. The predicted octanol–water partition coefficient (Wildman–Crippen LogP) is 3.79. The molecule has 0 saturated heterocycles. The number of hydrogen-bond donors (Lipinski definition) is 0. The minimum Gasteiger partial charge on any atom is -0.490 e. The lowest BCUT2D eigenvalue weighted by molar-refractivity contribution is -0.141. The summed E-state index contributed by atoms with van der Waals surface area (Å²) in [4.78, 5) is 34.7. The number of rotatable bonds is 7. The van der Waals surface area contributed by atoms with Crippen LogP contribution in [0.1, 0.15) is 27.6 Å². The summed E-state index contributed by atoms with van der Waals surface area (Å²) in [6.07, 6.45) is 0. The van der Waals surface area contributed by atoms with E-state index in [1.807, 2.05) is 12.1 Å². The third kappa shape index (κ3) is 5.35. The third-order valence-electron chi connectivity index (χ3n) is 4.19. The van der Waals surface area contributed by atoms with Crippen LogP contribution in [0.4, 0.5) is 0 Å². The summed E-state index contributed by atoms with van der Waals surface area (Å²) in [5, 5.41) is 1.73. The molecule has 7 nitrogen and oxygen atoms in total. The Balaban J connectivity index is 1.65. The van der Waals surface area contributed by atoms with Gasteiger partial charge in [-0.1, -0.05) is 12.1 Å². The van der Waals surface area contributed by atoms with Crippen LogP contribution in [0.25, 0.3) is 10.8 Å². The van der Waals surface area contributed by atoms with Crippen molar-refractivity contribution in [2.24, 2.45) is 0 Å². The zero-order chi connectivity index (χ0) is 21.5. The first kappa shape index (κ1) is 20.9. The van der Waals surface area contributed by atoms with Crippen LogP contribution in [-0.4, -0.2) is 38.2 Å². The summed E-state index contributed by atoms with van der Waals surface area (Å²) in [6.45, 7) is 1.78. The Morgan fingerprint density at radius 1 is 0.733 bits per heavy atom. The van der Waals surface area contributed by atoms with Crippen molar-refractivity contribution in [2.45, 2.75) is 6.92 Å². The number of fused-ring (bicyclic) bond motifs is 1. The summed E-state index contributed by atoms with van der Waals surface area (Å²) in [6, 6.07) is 16.7. The van der Waals surface area contributed by atoms with E-state index < -0.39 is 11.9 Å². The van der Waals surface area contributed by atoms with E-state index in [9.17, 15) is 14.4 Å². The zero-order valence-electron chi connectivity index (χ0n) is 16.5. The fourth-order valence-corrected chi connectivity index (χ4v) is 2.73. The Morgan fingerprint density at radius 3 is 2.07 bits per heavy atom. The smallest absolute Gasteiger partial charge is 0.343 e. The normalized spacial score (nSPS) is 10.3. The molecule has 0 radical (unpaired) electrons. The molecule has 0 saturated carbocycles. The molecule has 0 spiro atoms. The van der Waals surface area contributed by atoms with Crippen LogP contribution in [0.3, 0.4) is 0 Å². The highest BCUT2D eigenvalue weighted by Gasteiger charge is 2.11. The maximum atomic E-state index is 12.4. The number of esters is 3. The lowest BCUT2D eigenvalue weighted by atomic mass is 10.1.